The second-order valence-corrected chi connectivity index (χ2v) is 7.53. The number of hydrogen-bond acceptors (Lipinski definition) is 4. The highest BCUT2D eigenvalue weighted by molar-refractivity contribution is 7.99. The normalized spacial score (nSPS) is 11.2. The van der Waals surface area contributed by atoms with Gasteiger partial charge in [0.25, 0.3) is 5.56 Å². The minimum atomic E-state index is -0.0333. The van der Waals surface area contributed by atoms with E-state index >= 15 is 0 Å². The van der Waals surface area contributed by atoms with Crippen LogP contribution in [-0.4, -0.2) is 24.9 Å². The van der Waals surface area contributed by atoms with Crippen LogP contribution in [0.3, 0.4) is 0 Å². The number of aromatic nitrogens is 4. The number of fused-ring (bicyclic) bond motifs is 1. The molecule has 4 aromatic rings. The van der Waals surface area contributed by atoms with Crippen molar-refractivity contribution in [3.05, 3.63) is 82.7 Å². The van der Waals surface area contributed by atoms with Gasteiger partial charge in [-0.05, 0) is 49.2 Å². The van der Waals surface area contributed by atoms with E-state index in [-0.39, 0.29) is 5.56 Å². The molecule has 27 heavy (non-hydrogen) atoms. The van der Waals surface area contributed by atoms with Crippen molar-refractivity contribution in [2.45, 2.75) is 25.5 Å². The Morgan fingerprint density at radius 3 is 2.70 bits per heavy atom. The van der Waals surface area contributed by atoms with E-state index in [2.05, 4.69) is 18.8 Å². The first-order valence-corrected chi connectivity index (χ1v) is 9.80. The fraction of sp³-hybridized carbons (Fsp3) is 0.190. The molecule has 6 heteroatoms. The van der Waals surface area contributed by atoms with Gasteiger partial charge in [0.2, 0.25) is 0 Å². The minimum Gasteiger partial charge on any atom is -0.337 e. The summed E-state index contributed by atoms with van der Waals surface area (Å²) in [6.45, 7) is 4.94. The summed E-state index contributed by atoms with van der Waals surface area (Å²) >= 11 is 1.58. The van der Waals surface area contributed by atoms with Gasteiger partial charge in [0.05, 0.1) is 22.9 Å². The molecule has 0 aliphatic carbocycles. The predicted molar refractivity (Wildman–Crippen MR) is 110 cm³/mol. The first kappa shape index (κ1) is 17.5. The zero-order valence-electron chi connectivity index (χ0n) is 15.3. The van der Waals surface area contributed by atoms with E-state index in [9.17, 15) is 4.79 Å². The molecule has 5 nitrogen and oxygen atoms in total. The molecule has 0 unspecified atom stereocenters. The van der Waals surface area contributed by atoms with E-state index in [1.165, 1.54) is 5.56 Å². The van der Waals surface area contributed by atoms with Gasteiger partial charge >= 0.3 is 0 Å². The summed E-state index contributed by atoms with van der Waals surface area (Å²) in [6.07, 6.45) is 5.50. The van der Waals surface area contributed by atoms with Crippen LogP contribution in [0, 0.1) is 13.8 Å². The Balaban J connectivity index is 1.79. The number of nitrogens with zero attached hydrogens (tertiary/aromatic N) is 4. The highest BCUT2D eigenvalue weighted by Crippen LogP contribution is 2.23. The first-order valence-electron chi connectivity index (χ1n) is 8.81. The molecule has 0 fully saturated rings. The lowest BCUT2D eigenvalue weighted by Crippen LogP contribution is -2.22. The predicted octanol–water partition coefficient (Wildman–Crippen LogP) is 3.99. The molecule has 0 aliphatic rings. The van der Waals surface area contributed by atoms with Crippen molar-refractivity contribution in [1.29, 1.82) is 0 Å². The van der Waals surface area contributed by atoms with E-state index in [1.54, 1.807) is 28.9 Å². The van der Waals surface area contributed by atoms with E-state index in [0.717, 1.165) is 29.1 Å². The SMILES string of the molecule is Cc1ccc(-n2c(SCCn3ccnc3)nc3ccccc3c2=O)cc1C. The Bertz CT molecular complexity index is 1150. The van der Waals surface area contributed by atoms with Crippen LogP contribution in [0.2, 0.25) is 0 Å². The van der Waals surface area contributed by atoms with Crippen molar-refractivity contribution in [1.82, 2.24) is 19.1 Å². The summed E-state index contributed by atoms with van der Waals surface area (Å²) in [6, 6.07) is 13.6. The maximum absolute atomic E-state index is 13.2. The molecule has 0 spiro atoms. The molecule has 0 radical (unpaired) electrons. The van der Waals surface area contributed by atoms with Crippen molar-refractivity contribution in [2.24, 2.45) is 0 Å². The minimum absolute atomic E-state index is 0.0333. The summed E-state index contributed by atoms with van der Waals surface area (Å²) in [5.74, 6) is 0.798. The van der Waals surface area contributed by atoms with Crippen molar-refractivity contribution in [3.8, 4) is 5.69 Å². The van der Waals surface area contributed by atoms with Crippen LogP contribution in [0.5, 0.6) is 0 Å². The van der Waals surface area contributed by atoms with Crippen LogP contribution in [-0.2, 0) is 6.54 Å². The van der Waals surface area contributed by atoms with E-state index in [4.69, 9.17) is 4.98 Å². The molecule has 0 aliphatic heterocycles. The average Bonchev–Trinajstić information content (AvgIpc) is 3.18. The lowest BCUT2D eigenvalue weighted by molar-refractivity contribution is 0.763. The molecule has 2 aromatic heterocycles. The van der Waals surface area contributed by atoms with Crippen LogP contribution in [0.4, 0.5) is 0 Å². The van der Waals surface area contributed by atoms with Crippen LogP contribution >= 0.6 is 11.8 Å². The average molecular weight is 376 g/mol. The molecule has 0 saturated carbocycles. The van der Waals surface area contributed by atoms with Crippen LogP contribution in [0.15, 0.2) is 71.1 Å². The van der Waals surface area contributed by atoms with Gasteiger partial charge in [0.1, 0.15) is 0 Å². The second-order valence-electron chi connectivity index (χ2n) is 6.47. The lowest BCUT2D eigenvalue weighted by atomic mass is 10.1. The highest BCUT2D eigenvalue weighted by Gasteiger charge is 2.13. The quantitative estimate of drug-likeness (QED) is 0.390. The Morgan fingerprint density at radius 1 is 1.07 bits per heavy atom. The summed E-state index contributed by atoms with van der Waals surface area (Å²) in [5.41, 5.74) is 3.91. The van der Waals surface area contributed by atoms with Gasteiger partial charge in [-0.25, -0.2) is 9.97 Å². The largest absolute Gasteiger partial charge is 0.337 e. The van der Waals surface area contributed by atoms with Crippen LogP contribution in [0.25, 0.3) is 16.6 Å². The Morgan fingerprint density at radius 2 is 1.93 bits per heavy atom. The maximum atomic E-state index is 13.2. The third-order valence-electron chi connectivity index (χ3n) is 4.63. The van der Waals surface area contributed by atoms with Gasteiger partial charge in [-0.15, -0.1) is 0 Å². The summed E-state index contributed by atoms with van der Waals surface area (Å²) in [4.78, 5) is 22.1. The first-order chi connectivity index (χ1) is 13.1. The number of hydrogen-bond donors (Lipinski definition) is 0. The zero-order chi connectivity index (χ0) is 18.8. The smallest absolute Gasteiger partial charge is 0.266 e. The second kappa shape index (κ2) is 7.40. The Hall–Kier alpha value is -2.86. The maximum Gasteiger partial charge on any atom is 0.266 e. The molecule has 0 N–H and O–H groups in total. The van der Waals surface area contributed by atoms with Gasteiger partial charge in [-0.3, -0.25) is 9.36 Å². The van der Waals surface area contributed by atoms with Crippen molar-refractivity contribution >= 4 is 22.7 Å². The van der Waals surface area contributed by atoms with Gasteiger partial charge in [-0.2, -0.15) is 0 Å². The number of para-hydroxylation sites is 1. The monoisotopic (exact) mass is 376 g/mol. The lowest BCUT2D eigenvalue weighted by Gasteiger charge is -2.14. The van der Waals surface area contributed by atoms with Gasteiger partial charge < -0.3 is 4.57 Å². The third kappa shape index (κ3) is 3.53. The van der Waals surface area contributed by atoms with E-state index < -0.39 is 0 Å². The van der Waals surface area contributed by atoms with Crippen LogP contribution < -0.4 is 5.56 Å². The molecular weight excluding hydrogens is 356 g/mol. The number of rotatable bonds is 5. The van der Waals surface area contributed by atoms with Crippen molar-refractivity contribution in [2.75, 3.05) is 5.75 Å². The van der Waals surface area contributed by atoms with E-state index in [1.807, 2.05) is 53.2 Å². The molecule has 4 rings (SSSR count). The molecule has 0 amide bonds. The zero-order valence-corrected chi connectivity index (χ0v) is 16.1. The molecular formula is C21H20N4OS. The van der Waals surface area contributed by atoms with Crippen molar-refractivity contribution < 1.29 is 0 Å². The fourth-order valence-corrected chi connectivity index (χ4v) is 3.93. The summed E-state index contributed by atoms with van der Waals surface area (Å²) < 4.78 is 3.75. The number of aryl methyl sites for hydroxylation is 3. The molecule has 136 valence electrons. The van der Waals surface area contributed by atoms with Crippen molar-refractivity contribution in [3.63, 3.8) is 0 Å². The van der Waals surface area contributed by atoms with E-state index in [0.29, 0.717) is 10.5 Å². The molecule has 0 bridgehead atoms. The Labute approximate surface area is 161 Å². The Kier molecular flexibility index (Phi) is 4.81. The van der Waals surface area contributed by atoms with Gasteiger partial charge in [0, 0.05) is 24.7 Å². The molecule has 2 aromatic carbocycles. The number of thioether (sulfide) groups is 1. The molecule has 2 heterocycles. The fourth-order valence-electron chi connectivity index (χ4n) is 2.96. The summed E-state index contributed by atoms with van der Waals surface area (Å²) in [7, 11) is 0. The standard InChI is InChI=1S/C21H20N4OS/c1-15-7-8-17(13-16(15)2)25-20(26)18-5-3-4-6-19(18)23-21(25)27-12-11-24-10-9-22-14-24/h3-10,13-14H,11-12H2,1-2H3. The highest BCUT2D eigenvalue weighted by atomic mass is 32.2. The summed E-state index contributed by atoms with van der Waals surface area (Å²) in [5, 5.41) is 1.34. The van der Waals surface area contributed by atoms with Crippen LogP contribution in [0.1, 0.15) is 11.1 Å². The van der Waals surface area contributed by atoms with Gasteiger partial charge in [-0.1, -0.05) is 30.0 Å². The molecule has 0 atom stereocenters. The van der Waals surface area contributed by atoms with Gasteiger partial charge in [0.15, 0.2) is 5.16 Å². The topological polar surface area (TPSA) is 52.7 Å². The third-order valence-corrected chi connectivity index (χ3v) is 5.55. The number of imidazole rings is 1. The number of benzene rings is 2. The molecule has 0 saturated heterocycles.